The molecule has 0 aliphatic rings. The lowest BCUT2D eigenvalue weighted by Crippen LogP contribution is -2.34. The number of halogens is 1. The van der Waals surface area contributed by atoms with Gasteiger partial charge >= 0.3 is 13.2 Å². The summed E-state index contributed by atoms with van der Waals surface area (Å²) in [6, 6.07) is 2.51. The topological polar surface area (TPSA) is 78.8 Å². The highest BCUT2D eigenvalue weighted by molar-refractivity contribution is 6.58. The molecule has 0 fully saturated rings. The molecule has 110 valence electrons. The Labute approximate surface area is 117 Å². The van der Waals surface area contributed by atoms with Crippen molar-refractivity contribution in [2.75, 3.05) is 0 Å². The fraction of sp³-hybridized carbons (Fsp3) is 0.462. The van der Waals surface area contributed by atoms with E-state index in [-0.39, 0.29) is 12.0 Å². The number of hydrogen-bond acceptors (Lipinski definition) is 4. The van der Waals surface area contributed by atoms with Gasteiger partial charge in [0.25, 0.3) is 0 Å². The predicted molar refractivity (Wildman–Crippen MR) is 74.0 cm³/mol. The Hall–Kier alpha value is -1.60. The van der Waals surface area contributed by atoms with Gasteiger partial charge in [-0.1, -0.05) is 6.07 Å². The van der Waals surface area contributed by atoms with E-state index in [9.17, 15) is 9.18 Å². The fourth-order valence-corrected chi connectivity index (χ4v) is 1.61. The first-order chi connectivity index (χ1) is 9.10. The number of carbonyl (C=O) groups excluding carboxylic acids is 1. The maximum Gasteiger partial charge on any atom is 0.491 e. The molecule has 3 N–H and O–H groups in total. The summed E-state index contributed by atoms with van der Waals surface area (Å²) in [4.78, 5) is 11.5. The van der Waals surface area contributed by atoms with E-state index in [4.69, 9.17) is 14.8 Å². The van der Waals surface area contributed by atoms with Crippen LogP contribution >= 0.6 is 0 Å². The van der Waals surface area contributed by atoms with E-state index in [1.807, 2.05) is 0 Å². The summed E-state index contributed by atoms with van der Waals surface area (Å²) in [7, 11) is -1.86. The smallest absolute Gasteiger partial charge is 0.444 e. The number of benzene rings is 1. The molecule has 5 nitrogen and oxygen atoms in total. The van der Waals surface area contributed by atoms with E-state index in [0.717, 1.165) is 0 Å². The van der Waals surface area contributed by atoms with Crippen molar-refractivity contribution < 1.29 is 24.0 Å². The SMILES string of the molecule is Cc1cc(B(O)O)c(F)cc1CNC(=O)OC(C)(C)C. The first-order valence-electron chi connectivity index (χ1n) is 6.22. The molecule has 0 atom stereocenters. The Morgan fingerprint density at radius 1 is 1.40 bits per heavy atom. The van der Waals surface area contributed by atoms with Crippen LogP contribution < -0.4 is 10.8 Å². The van der Waals surface area contributed by atoms with Gasteiger partial charge in [-0.25, -0.2) is 9.18 Å². The Morgan fingerprint density at radius 2 is 2.00 bits per heavy atom. The molecule has 1 amide bonds. The van der Waals surface area contributed by atoms with Crippen molar-refractivity contribution in [3.63, 3.8) is 0 Å². The van der Waals surface area contributed by atoms with Crippen LogP contribution in [0.2, 0.25) is 0 Å². The quantitative estimate of drug-likeness (QED) is 0.718. The minimum absolute atomic E-state index is 0.0967. The van der Waals surface area contributed by atoms with Gasteiger partial charge in [0.15, 0.2) is 0 Å². The number of rotatable bonds is 3. The van der Waals surface area contributed by atoms with Crippen molar-refractivity contribution in [1.29, 1.82) is 0 Å². The lowest BCUT2D eigenvalue weighted by molar-refractivity contribution is 0.0523. The van der Waals surface area contributed by atoms with E-state index in [1.54, 1.807) is 27.7 Å². The molecule has 0 aliphatic heterocycles. The average molecular weight is 283 g/mol. The molecule has 0 unspecified atom stereocenters. The molecule has 0 heterocycles. The van der Waals surface area contributed by atoms with Crippen molar-refractivity contribution in [3.05, 3.63) is 29.1 Å². The normalized spacial score (nSPS) is 11.2. The summed E-state index contributed by atoms with van der Waals surface area (Å²) >= 11 is 0. The van der Waals surface area contributed by atoms with Crippen LogP contribution in [0, 0.1) is 12.7 Å². The van der Waals surface area contributed by atoms with E-state index in [2.05, 4.69) is 5.32 Å². The van der Waals surface area contributed by atoms with E-state index in [1.165, 1.54) is 12.1 Å². The van der Waals surface area contributed by atoms with Crippen molar-refractivity contribution in [2.24, 2.45) is 0 Å². The Balaban J connectivity index is 2.75. The van der Waals surface area contributed by atoms with E-state index in [0.29, 0.717) is 11.1 Å². The molecule has 0 saturated heterocycles. The standard InChI is InChI=1S/C13H19BFNO4/c1-8-5-10(14(18)19)11(15)6-9(8)7-16-12(17)20-13(2,3)4/h5-6,18-19H,7H2,1-4H3,(H,16,17). The van der Waals surface area contributed by atoms with Crippen LogP contribution in [-0.2, 0) is 11.3 Å². The number of hydrogen-bond donors (Lipinski definition) is 3. The molecule has 1 aromatic rings. The molecular weight excluding hydrogens is 264 g/mol. The summed E-state index contributed by atoms with van der Waals surface area (Å²) < 4.78 is 18.7. The molecule has 0 aliphatic carbocycles. The van der Waals surface area contributed by atoms with Crippen LogP contribution in [0.3, 0.4) is 0 Å². The average Bonchev–Trinajstić information content (AvgIpc) is 2.27. The maximum absolute atomic E-state index is 13.6. The number of ether oxygens (including phenoxy) is 1. The molecule has 20 heavy (non-hydrogen) atoms. The number of aryl methyl sites for hydroxylation is 1. The second-order valence-electron chi connectivity index (χ2n) is 5.53. The van der Waals surface area contributed by atoms with Gasteiger partial charge in [0, 0.05) is 12.0 Å². The maximum atomic E-state index is 13.6. The lowest BCUT2D eigenvalue weighted by Gasteiger charge is -2.20. The number of carbonyl (C=O) groups is 1. The largest absolute Gasteiger partial charge is 0.491 e. The van der Waals surface area contributed by atoms with Gasteiger partial charge in [0.2, 0.25) is 0 Å². The van der Waals surface area contributed by atoms with Gasteiger partial charge in [-0.05, 0) is 44.9 Å². The highest BCUT2D eigenvalue weighted by Gasteiger charge is 2.19. The van der Waals surface area contributed by atoms with Crippen LogP contribution in [0.1, 0.15) is 31.9 Å². The van der Waals surface area contributed by atoms with Gasteiger partial charge in [-0.2, -0.15) is 0 Å². The molecule has 1 rings (SSSR count). The number of nitrogens with one attached hydrogen (secondary N) is 1. The summed E-state index contributed by atoms with van der Waals surface area (Å²) in [5.74, 6) is -0.730. The summed E-state index contributed by atoms with van der Waals surface area (Å²) in [5, 5.41) is 20.5. The highest BCUT2D eigenvalue weighted by Crippen LogP contribution is 2.10. The minimum Gasteiger partial charge on any atom is -0.444 e. The number of alkyl carbamates (subject to hydrolysis) is 1. The van der Waals surface area contributed by atoms with Crippen molar-refractivity contribution in [3.8, 4) is 0 Å². The third kappa shape index (κ3) is 4.83. The van der Waals surface area contributed by atoms with Crippen molar-refractivity contribution >= 4 is 18.7 Å². The van der Waals surface area contributed by atoms with E-state index < -0.39 is 24.6 Å². The zero-order chi connectivity index (χ0) is 15.5. The Morgan fingerprint density at radius 3 is 2.50 bits per heavy atom. The third-order valence-electron chi connectivity index (χ3n) is 2.56. The van der Waals surface area contributed by atoms with Crippen LogP contribution in [-0.4, -0.2) is 28.9 Å². The number of amides is 1. The summed E-state index contributed by atoms with van der Waals surface area (Å²) in [5.41, 5.74) is 0.390. The molecule has 0 saturated carbocycles. The molecule has 1 aromatic carbocycles. The molecule has 0 spiro atoms. The Bertz CT molecular complexity index is 500. The van der Waals surface area contributed by atoms with Crippen LogP contribution in [0.15, 0.2) is 12.1 Å². The molecular formula is C13H19BFNO4. The molecule has 0 aromatic heterocycles. The van der Waals surface area contributed by atoms with Crippen molar-refractivity contribution in [2.45, 2.75) is 39.8 Å². The van der Waals surface area contributed by atoms with Crippen LogP contribution in [0.5, 0.6) is 0 Å². The first-order valence-corrected chi connectivity index (χ1v) is 6.22. The monoisotopic (exact) mass is 283 g/mol. The van der Waals surface area contributed by atoms with Gasteiger partial charge < -0.3 is 20.1 Å². The molecule has 7 heteroatoms. The van der Waals surface area contributed by atoms with Gasteiger partial charge in [-0.3, -0.25) is 0 Å². The Kier molecular flexibility index (Phi) is 5.13. The summed E-state index contributed by atoms with van der Waals surface area (Å²) in [6.45, 7) is 7.02. The zero-order valence-electron chi connectivity index (χ0n) is 12.0. The summed E-state index contributed by atoms with van der Waals surface area (Å²) in [6.07, 6.45) is -0.594. The van der Waals surface area contributed by atoms with Gasteiger partial charge in [0.05, 0.1) is 0 Å². The zero-order valence-corrected chi connectivity index (χ0v) is 12.0. The molecule has 0 radical (unpaired) electrons. The van der Waals surface area contributed by atoms with Gasteiger partial charge in [0.1, 0.15) is 11.4 Å². The highest BCUT2D eigenvalue weighted by atomic mass is 19.1. The second-order valence-corrected chi connectivity index (χ2v) is 5.53. The van der Waals surface area contributed by atoms with Crippen molar-refractivity contribution in [1.82, 2.24) is 5.32 Å². The minimum atomic E-state index is -1.86. The lowest BCUT2D eigenvalue weighted by atomic mass is 9.78. The van der Waals surface area contributed by atoms with E-state index >= 15 is 0 Å². The molecule has 0 bridgehead atoms. The van der Waals surface area contributed by atoms with Crippen LogP contribution in [0.25, 0.3) is 0 Å². The first kappa shape index (κ1) is 16.5. The van der Waals surface area contributed by atoms with Gasteiger partial charge in [-0.15, -0.1) is 0 Å². The predicted octanol–water partition coefficient (Wildman–Crippen LogP) is 0.839. The second kappa shape index (κ2) is 6.24. The fourth-order valence-electron chi connectivity index (χ4n) is 1.61. The van der Waals surface area contributed by atoms with Crippen LogP contribution in [0.4, 0.5) is 9.18 Å². The third-order valence-corrected chi connectivity index (χ3v) is 2.56.